The van der Waals surface area contributed by atoms with E-state index < -0.39 is 0 Å². The highest BCUT2D eigenvalue weighted by molar-refractivity contribution is 5.95. The number of anilines is 1. The molecule has 1 aromatic rings. The number of nitrogens with two attached hydrogens (primary N) is 1. The smallest absolute Gasteiger partial charge is 0.241 e. The first-order valence-corrected chi connectivity index (χ1v) is 4.36. The van der Waals surface area contributed by atoms with Crippen molar-refractivity contribution in [3.63, 3.8) is 0 Å². The second kappa shape index (κ2) is 2.85. The van der Waals surface area contributed by atoms with Crippen LogP contribution in [0, 0.1) is 6.92 Å². The molecule has 0 spiro atoms. The lowest BCUT2D eigenvalue weighted by atomic mass is 9.98. The third kappa shape index (κ3) is 1.21. The van der Waals surface area contributed by atoms with Crippen molar-refractivity contribution >= 4 is 11.6 Å². The van der Waals surface area contributed by atoms with E-state index in [0.29, 0.717) is 6.42 Å². The molecule has 1 aromatic carbocycles. The van der Waals surface area contributed by atoms with E-state index in [-0.39, 0.29) is 5.91 Å². The van der Waals surface area contributed by atoms with Crippen LogP contribution in [-0.4, -0.2) is 5.91 Å². The lowest BCUT2D eigenvalue weighted by molar-refractivity contribution is -0.118. The molecule has 3 heteroatoms. The first-order valence-electron chi connectivity index (χ1n) is 4.36. The van der Waals surface area contributed by atoms with Gasteiger partial charge in [-0.25, -0.2) is 10.9 Å². The van der Waals surface area contributed by atoms with Gasteiger partial charge in [-0.2, -0.15) is 0 Å². The van der Waals surface area contributed by atoms with E-state index in [9.17, 15) is 4.79 Å². The predicted octanol–water partition coefficient (Wildman–Crippen LogP) is 1.15. The topological polar surface area (TPSA) is 46.3 Å². The fraction of sp³-hybridized carbons (Fsp3) is 0.300. The first kappa shape index (κ1) is 8.26. The molecule has 0 atom stereocenters. The average molecular weight is 176 g/mol. The van der Waals surface area contributed by atoms with E-state index in [0.717, 1.165) is 12.1 Å². The van der Waals surface area contributed by atoms with Gasteiger partial charge < -0.3 is 0 Å². The Balaban J connectivity index is 2.55. The number of amides is 1. The van der Waals surface area contributed by atoms with E-state index in [1.165, 1.54) is 16.1 Å². The van der Waals surface area contributed by atoms with E-state index in [2.05, 4.69) is 0 Å². The summed E-state index contributed by atoms with van der Waals surface area (Å²) in [5.74, 6) is 5.64. The summed E-state index contributed by atoms with van der Waals surface area (Å²) in [6, 6.07) is 5.86. The maximum absolute atomic E-state index is 11.3. The molecule has 3 nitrogen and oxygen atoms in total. The van der Waals surface area contributed by atoms with Crippen molar-refractivity contribution in [2.75, 3.05) is 5.01 Å². The number of hydrazine groups is 1. The molecule has 0 radical (unpaired) electrons. The van der Waals surface area contributed by atoms with Gasteiger partial charge in [0.15, 0.2) is 0 Å². The molecule has 0 saturated heterocycles. The number of nitrogens with zero attached hydrogens (tertiary/aromatic N) is 1. The Morgan fingerprint density at radius 2 is 2.15 bits per heavy atom. The fourth-order valence-electron chi connectivity index (χ4n) is 1.72. The summed E-state index contributed by atoms with van der Waals surface area (Å²) >= 11 is 0. The van der Waals surface area contributed by atoms with Gasteiger partial charge in [-0.3, -0.25) is 4.79 Å². The number of fused-ring (bicyclic) bond motifs is 1. The largest absolute Gasteiger partial charge is 0.273 e. The number of rotatable bonds is 0. The Morgan fingerprint density at radius 1 is 1.38 bits per heavy atom. The molecule has 0 unspecified atom stereocenters. The molecular weight excluding hydrogens is 164 g/mol. The molecule has 0 aliphatic carbocycles. The van der Waals surface area contributed by atoms with Gasteiger partial charge in [0.25, 0.3) is 0 Å². The molecule has 2 rings (SSSR count). The standard InChI is InChI=1S/C10H12N2O/c1-7-3-2-4-9-8(7)5-6-10(13)12(9)11/h2-4H,5-6,11H2,1H3. The summed E-state index contributed by atoms with van der Waals surface area (Å²) in [7, 11) is 0. The Bertz CT molecular complexity index is 360. The molecular formula is C10H12N2O. The van der Waals surface area contributed by atoms with Crippen LogP contribution >= 0.6 is 0 Å². The number of hydrogen-bond donors (Lipinski definition) is 1. The summed E-state index contributed by atoms with van der Waals surface area (Å²) in [4.78, 5) is 11.3. The van der Waals surface area contributed by atoms with Crippen molar-refractivity contribution in [2.24, 2.45) is 5.84 Å². The van der Waals surface area contributed by atoms with Gasteiger partial charge >= 0.3 is 0 Å². The van der Waals surface area contributed by atoms with E-state index >= 15 is 0 Å². The SMILES string of the molecule is Cc1cccc2c1CCC(=O)N2N. The zero-order chi connectivity index (χ0) is 9.42. The van der Waals surface area contributed by atoms with Crippen molar-refractivity contribution in [2.45, 2.75) is 19.8 Å². The third-order valence-electron chi connectivity index (χ3n) is 2.50. The van der Waals surface area contributed by atoms with Crippen LogP contribution < -0.4 is 10.9 Å². The molecule has 1 aliphatic heterocycles. The number of benzene rings is 1. The van der Waals surface area contributed by atoms with Crippen LogP contribution in [0.4, 0.5) is 5.69 Å². The molecule has 13 heavy (non-hydrogen) atoms. The minimum atomic E-state index is -0.00176. The average Bonchev–Trinajstić information content (AvgIpc) is 2.12. The third-order valence-corrected chi connectivity index (χ3v) is 2.50. The highest BCUT2D eigenvalue weighted by Gasteiger charge is 2.21. The molecule has 0 saturated carbocycles. The molecule has 1 amide bonds. The van der Waals surface area contributed by atoms with Crippen LogP contribution in [0.1, 0.15) is 17.5 Å². The van der Waals surface area contributed by atoms with Crippen molar-refractivity contribution in [3.05, 3.63) is 29.3 Å². The Hall–Kier alpha value is -1.35. The minimum absolute atomic E-state index is 0.00176. The highest BCUT2D eigenvalue weighted by Crippen LogP contribution is 2.27. The lowest BCUT2D eigenvalue weighted by Crippen LogP contribution is -2.41. The van der Waals surface area contributed by atoms with Crippen LogP contribution in [0.2, 0.25) is 0 Å². The van der Waals surface area contributed by atoms with Crippen LogP contribution in [0.15, 0.2) is 18.2 Å². The minimum Gasteiger partial charge on any atom is -0.273 e. The van der Waals surface area contributed by atoms with Gasteiger partial charge in [-0.15, -0.1) is 0 Å². The number of carbonyl (C=O) groups excluding carboxylic acids is 1. The maximum atomic E-state index is 11.3. The molecule has 68 valence electrons. The molecule has 0 fully saturated rings. The Labute approximate surface area is 77.1 Å². The van der Waals surface area contributed by atoms with Gasteiger partial charge in [0.05, 0.1) is 5.69 Å². The van der Waals surface area contributed by atoms with Crippen LogP contribution in [0.25, 0.3) is 0 Å². The first-order chi connectivity index (χ1) is 6.20. The van der Waals surface area contributed by atoms with E-state index in [4.69, 9.17) is 5.84 Å². The predicted molar refractivity (Wildman–Crippen MR) is 51.2 cm³/mol. The van der Waals surface area contributed by atoms with Crippen molar-refractivity contribution in [3.8, 4) is 0 Å². The number of aryl methyl sites for hydroxylation is 1. The number of carbonyl (C=O) groups is 1. The summed E-state index contributed by atoms with van der Waals surface area (Å²) in [6.45, 7) is 2.04. The van der Waals surface area contributed by atoms with E-state index in [1.807, 2.05) is 25.1 Å². The second-order valence-electron chi connectivity index (χ2n) is 3.34. The highest BCUT2D eigenvalue weighted by atomic mass is 16.2. The molecule has 0 bridgehead atoms. The quantitative estimate of drug-likeness (QED) is 0.476. The van der Waals surface area contributed by atoms with Crippen LogP contribution in [0.5, 0.6) is 0 Å². The Kier molecular flexibility index (Phi) is 1.81. The lowest BCUT2D eigenvalue weighted by Gasteiger charge is -2.25. The van der Waals surface area contributed by atoms with Crippen LogP contribution in [0.3, 0.4) is 0 Å². The maximum Gasteiger partial charge on any atom is 0.241 e. The summed E-state index contributed by atoms with van der Waals surface area (Å²) in [5.41, 5.74) is 3.27. The second-order valence-corrected chi connectivity index (χ2v) is 3.34. The van der Waals surface area contributed by atoms with E-state index in [1.54, 1.807) is 0 Å². The van der Waals surface area contributed by atoms with Gasteiger partial charge in [0.1, 0.15) is 0 Å². The zero-order valence-corrected chi connectivity index (χ0v) is 7.58. The van der Waals surface area contributed by atoms with Gasteiger partial charge in [0, 0.05) is 6.42 Å². The molecule has 2 N–H and O–H groups in total. The monoisotopic (exact) mass is 176 g/mol. The normalized spacial score (nSPS) is 15.8. The number of hydrogen-bond acceptors (Lipinski definition) is 2. The summed E-state index contributed by atoms with van der Waals surface area (Å²) in [6.07, 6.45) is 1.34. The van der Waals surface area contributed by atoms with Gasteiger partial charge in [0.2, 0.25) is 5.91 Å². The van der Waals surface area contributed by atoms with Crippen molar-refractivity contribution in [1.29, 1.82) is 0 Å². The van der Waals surface area contributed by atoms with Gasteiger partial charge in [-0.1, -0.05) is 12.1 Å². The molecule has 1 aliphatic rings. The van der Waals surface area contributed by atoms with Crippen molar-refractivity contribution in [1.82, 2.24) is 0 Å². The van der Waals surface area contributed by atoms with Crippen molar-refractivity contribution < 1.29 is 4.79 Å². The van der Waals surface area contributed by atoms with Gasteiger partial charge in [-0.05, 0) is 30.5 Å². The van der Waals surface area contributed by atoms with Crippen LogP contribution in [-0.2, 0) is 11.2 Å². The fourth-order valence-corrected chi connectivity index (χ4v) is 1.72. The summed E-state index contributed by atoms with van der Waals surface area (Å²) in [5, 5.41) is 1.26. The molecule has 1 heterocycles. The molecule has 0 aromatic heterocycles. The zero-order valence-electron chi connectivity index (χ0n) is 7.58. The Morgan fingerprint density at radius 3 is 2.92 bits per heavy atom. The summed E-state index contributed by atoms with van der Waals surface area (Å²) < 4.78 is 0.